The molecular formula is C24H24FN3. The van der Waals surface area contributed by atoms with E-state index < -0.39 is 0 Å². The molecule has 142 valence electrons. The molecule has 3 rings (SSSR count). The molecule has 0 spiro atoms. The van der Waals surface area contributed by atoms with Crippen LogP contribution < -0.4 is 5.73 Å². The summed E-state index contributed by atoms with van der Waals surface area (Å²) in [4.78, 5) is 4.39. The van der Waals surface area contributed by atoms with Crippen LogP contribution in [0.1, 0.15) is 39.9 Å². The lowest BCUT2D eigenvalue weighted by Crippen LogP contribution is -2.00. The van der Waals surface area contributed by atoms with Crippen molar-refractivity contribution in [1.29, 1.82) is 5.26 Å². The number of anilines is 1. The van der Waals surface area contributed by atoms with E-state index in [1.165, 1.54) is 6.07 Å². The zero-order valence-electron chi connectivity index (χ0n) is 16.1. The zero-order chi connectivity index (χ0) is 19.9. The minimum atomic E-state index is -0.198. The van der Waals surface area contributed by atoms with Crippen LogP contribution in [-0.4, -0.2) is 4.98 Å². The van der Waals surface area contributed by atoms with Crippen molar-refractivity contribution in [3.8, 4) is 6.07 Å². The number of aromatic nitrogens is 1. The number of nitrogens with two attached hydrogens (primary N) is 1. The Morgan fingerprint density at radius 1 is 0.929 bits per heavy atom. The van der Waals surface area contributed by atoms with Crippen molar-refractivity contribution in [2.45, 2.75) is 39.0 Å². The van der Waals surface area contributed by atoms with Crippen molar-refractivity contribution in [3.63, 3.8) is 0 Å². The van der Waals surface area contributed by atoms with E-state index in [9.17, 15) is 9.65 Å². The van der Waals surface area contributed by atoms with Crippen LogP contribution in [0.2, 0.25) is 0 Å². The van der Waals surface area contributed by atoms with E-state index in [0.717, 1.165) is 60.1 Å². The van der Waals surface area contributed by atoms with Crippen molar-refractivity contribution in [3.05, 3.63) is 93.9 Å². The van der Waals surface area contributed by atoms with Crippen molar-refractivity contribution >= 4 is 5.82 Å². The highest BCUT2D eigenvalue weighted by molar-refractivity contribution is 5.39. The number of nitrogen functional groups attached to an aromatic ring is 1. The smallest absolute Gasteiger partial charge is 0.123 e. The predicted octanol–water partition coefficient (Wildman–Crippen LogP) is 4.94. The SMILES string of the molecule is Cc1cc(N)nc(CCc2cc(C#N)cc(CCCc3cccc(F)c3)c2)c1. The number of pyridine rings is 1. The van der Waals surface area contributed by atoms with E-state index in [-0.39, 0.29) is 5.82 Å². The van der Waals surface area contributed by atoms with Gasteiger partial charge >= 0.3 is 0 Å². The minimum absolute atomic E-state index is 0.198. The molecule has 0 saturated heterocycles. The predicted molar refractivity (Wildman–Crippen MR) is 110 cm³/mol. The largest absolute Gasteiger partial charge is 0.384 e. The van der Waals surface area contributed by atoms with Gasteiger partial charge in [-0.3, -0.25) is 0 Å². The monoisotopic (exact) mass is 373 g/mol. The van der Waals surface area contributed by atoms with Crippen LogP contribution in [0.5, 0.6) is 0 Å². The van der Waals surface area contributed by atoms with Crippen LogP contribution in [0.15, 0.2) is 54.6 Å². The van der Waals surface area contributed by atoms with Gasteiger partial charge in [-0.15, -0.1) is 0 Å². The summed E-state index contributed by atoms with van der Waals surface area (Å²) in [6.07, 6.45) is 4.17. The third-order valence-electron chi connectivity index (χ3n) is 4.71. The van der Waals surface area contributed by atoms with E-state index >= 15 is 0 Å². The molecule has 0 aliphatic heterocycles. The highest BCUT2D eigenvalue weighted by atomic mass is 19.1. The molecule has 2 aromatic carbocycles. The Kier molecular flexibility index (Phi) is 6.39. The Labute approximate surface area is 165 Å². The number of hydrogen-bond donors (Lipinski definition) is 1. The number of benzene rings is 2. The van der Waals surface area contributed by atoms with E-state index in [1.807, 2.05) is 37.3 Å². The quantitative estimate of drug-likeness (QED) is 0.638. The van der Waals surface area contributed by atoms with Crippen molar-refractivity contribution in [2.75, 3.05) is 5.73 Å². The molecule has 0 unspecified atom stereocenters. The van der Waals surface area contributed by atoms with Gasteiger partial charge in [0.25, 0.3) is 0 Å². The molecule has 0 aliphatic rings. The number of hydrogen-bond acceptors (Lipinski definition) is 3. The maximum atomic E-state index is 13.3. The standard InChI is InChI=1S/C24H24FN3/c1-17-10-23(28-24(27)11-17)9-8-20-12-19(13-21(14-20)16-26)6-2-4-18-5-3-7-22(25)15-18/h3,5,7,10-15H,2,4,6,8-9H2,1H3,(H2,27,28). The average molecular weight is 373 g/mol. The molecule has 0 saturated carbocycles. The third-order valence-corrected chi connectivity index (χ3v) is 4.71. The first kappa shape index (κ1) is 19.6. The average Bonchev–Trinajstić information content (AvgIpc) is 2.65. The second-order valence-corrected chi connectivity index (χ2v) is 7.19. The molecule has 0 fully saturated rings. The van der Waals surface area contributed by atoms with Gasteiger partial charge in [0, 0.05) is 5.69 Å². The fraction of sp³-hybridized carbons (Fsp3) is 0.250. The second kappa shape index (κ2) is 9.14. The number of halogens is 1. The molecule has 3 aromatic rings. The Hall–Kier alpha value is -3.19. The van der Waals surface area contributed by atoms with Gasteiger partial charge in [-0.25, -0.2) is 9.37 Å². The highest BCUT2D eigenvalue weighted by Crippen LogP contribution is 2.16. The zero-order valence-corrected chi connectivity index (χ0v) is 16.1. The Morgan fingerprint density at radius 3 is 2.39 bits per heavy atom. The Morgan fingerprint density at radius 2 is 1.68 bits per heavy atom. The van der Waals surface area contributed by atoms with Crippen LogP contribution in [0, 0.1) is 24.1 Å². The van der Waals surface area contributed by atoms with Gasteiger partial charge in [0.15, 0.2) is 0 Å². The summed E-state index contributed by atoms with van der Waals surface area (Å²) in [5, 5.41) is 9.36. The molecule has 1 aromatic heterocycles. The maximum absolute atomic E-state index is 13.3. The lowest BCUT2D eigenvalue weighted by Gasteiger charge is -2.08. The molecule has 0 atom stereocenters. The first-order chi connectivity index (χ1) is 13.5. The molecule has 0 radical (unpaired) electrons. The number of nitrogens with zero attached hydrogens (tertiary/aromatic N) is 2. The van der Waals surface area contributed by atoms with E-state index in [4.69, 9.17) is 5.73 Å². The summed E-state index contributed by atoms with van der Waals surface area (Å²) in [6, 6.07) is 18.9. The summed E-state index contributed by atoms with van der Waals surface area (Å²) >= 11 is 0. The summed E-state index contributed by atoms with van der Waals surface area (Å²) in [7, 11) is 0. The van der Waals surface area contributed by atoms with Crippen molar-refractivity contribution in [2.24, 2.45) is 0 Å². The normalized spacial score (nSPS) is 10.6. The highest BCUT2D eigenvalue weighted by Gasteiger charge is 2.05. The molecule has 0 aliphatic carbocycles. The van der Waals surface area contributed by atoms with Crippen LogP contribution in [0.4, 0.5) is 10.2 Å². The number of rotatable bonds is 7. The first-order valence-electron chi connectivity index (χ1n) is 9.52. The van der Waals surface area contributed by atoms with Gasteiger partial charge in [0.1, 0.15) is 11.6 Å². The van der Waals surface area contributed by atoms with Crippen LogP contribution in [-0.2, 0) is 25.7 Å². The molecule has 0 amide bonds. The van der Waals surface area contributed by atoms with Gasteiger partial charge in [0.2, 0.25) is 0 Å². The van der Waals surface area contributed by atoms with Gasteiger partial charge < -0.3 is 5.73 Å². The molecule has 4 heteroatoms. The number of nitriles is 1. The fourth-order valence-corrected chi connectivity index (χ4v) is 3.47. The van der Waals surface area contributed by atoms with Gasteiger partial charge in [-0.2, -0.15) is 5.26 Å². The molecule has 3 nitrogen and oxygen atoms in total. The Balaban J connectivity index is 1.65. The van der Waals surface area contributed by atoms with E-state index in [2.05, 4.69) is 17.1 Å². The van der Waals surface area contributed by atoms with Gasteiger partial charge in [-0.05, 0) is 97.7 Å². The van der Waals surface area contributed by atoms with Crippen LogP contribution in [0.25, 0.3) is 0 Å². The number of aryl methyl sites for hydroxylation is 5. The van der Waals surface area contributed by atoms with Gasteiger partial charge in [-0.1, -0.05) is 18.2 Å². The minimum Gasteiger partial charge on any atom is -0.384 e. The van der Waals surface area contributed by atoms with Gasteiger partial charge in [0.05, 0.1) is 11.6 Å². The maximum Gasteiger partial charge on any atom is 0.123 e. The fourth-order valence-electron chi connectivity index (χ4n) is 3.47. The summed E-state index contributed by atoms with van der Waals surface area (Å²) < 4.78 is 13.3. The summed E-state index contributed by atoms with van der Waals surface area (Å²) in [5.41, 5.74) is 11.8. The molecular weight excluding hydrogens is 349 g/mol. The second-order valence-electron chi connectivity index (χ2n) is 7.19. The van der Waals surface area contributed by atoms with Crippen LogP contribution in [0.3, 0.4) is 0 Å². The molecule has 1 heterocycles. The Bertz CT molecular complexity index is 985. The first-order valence-corrected chi connectivity index (χ1v) is 9.52. The van der Waals surface area contributed by atoms with Crippen molar-refractivity contribution in [1.82, 2.24) is 4.98 Å². The van der Waals surface area contributed by atoms with E-state index in [0.29, 0.717) is 11.4 Å². The molecule has 28 heavy (non-hydrogen) atoms. The lowest BCUT2D eigenvalue weighted by molar-refractivity contribution is 0.624. The summed E-state index contributed by atoms with van der Waals surface area (Å²) in [5.74, 6) is 0.343. The third kappa shape index (κ3) is 5.65. The topological polar surface area (TPSA) is 62.7 Å². The summed E-state index contributed by atoms with van der Waals surface area (Å²) in [6.45, 7) is 2.01. The molecule has 0 bridgehead atoms. The van der Waals surface area contributed by atoms with E-state index in [1.54, 1.807) is 12.1 Å². The van der Waals surface area contributed by atoms with Crippen molar-refractivity contribution < 1.29 is 4.39 Å². The lowest BCUT2D eigenvalue weighted by atomic mass is 9.97. The molecule has 2 N–H and O–H groups in total. The van der Waals surface area contributed by atoms with Crippen LogP contribution >= 0.6 is 0 Å².